The maximum absolute atomic E-state index is 11.9. The minimum absolute atomic E-state index is 0.335. The van der Waals surface area contributed by atoms with Crippen LogP contribution in [0.5, 0.6) is 0 Å². The van der Waals surface area contributed by atoms with Gasteiger partial charge in [-0.2, -0.15) is 0 Å². The first-order valence-electron chi connectivity index (χ1n) is 6.11. The van der Waals surface area contributed by atoms with E-state index in [1.807, 2.05) is 0 Å². The predicted octanol–water partition coefficient (Wildman–Crippen LogP) is 2.11. The van der Waals surface area contributed by atoms with Crippen molar-refractivity contribution in [1.82, 2.24) is 4.90 Å². The number of likely N-dealkylation sites (tertiary alicyclic amines) is 1. The van der Waals surface area contributed by atoms with E-state index in [1.54, 1.807) is 25.1 Å². The van der Waals surface area contributed by atoms with E-state index in [4.69, 9.17) is 34.7 Å². The van der Waals surface area contributed by atoms with Crippen LogP contribution in [-0.4, -0.2) is 28.9 Å². The zero-order valence-corrected chi connectivity index (χ0v) is 12.4. The molecule has 0 bridgehead atoms. The number of hydrogen-bond donors (Lipinski definition) is 2. The Morgan fingerprint density at radius 3 is 2.55 bits per heavy atom. The van der Waals surface area contributed by atoms with Crippen molar-refractivity contribution in [3.63, 3.8) is 0 Å². The molecular formula is C13H15Cl2N3O2. The van der Waals surface area contributed by atoms with Gasteiger partial charge >= 0.3 is 6.03 Å². The molecule has 108 valence electrons. The highest BCUT2D eigenvalue weighted by atomic mass is 35.5. The molecule has 2 rings (SSSR count). The van der Waals surface area contributed by atoms with Gasteiger partial charge < -0.3 is 16.4 Å². The zero-order valence-electron chi connectivity index (χ0n) is 10.9. The van der Waals surface area contributed by atoms with Crippen molar-refractivity contribution < 1.29 is 9.59 Å². The fourth-order valence-electron chi connectivity index (χ4n) is 2.85. The second kappa shape index (κ2) is 5.14. The molecule has 1 saturated heterocycles. The van der Waals surface area contributed by atoms with E-state index in [1.165, 1.54) is 4.90 Å². The smallest absolute Gasteiger partial charge is 0.315 e. The van der Waals surface area contributed by atoms with Gasteiger partial charge in [-0.3, -0.25) is 4.79 Å². The van der Waals surface area contributed by atoms with Gasteiger partial charge in [0.2, 0.25) is 5.91 Å². The summed E-state index contributed by atoms with van der Waals surface area (Å²) < 4.78 is 0. The quantitative estimate of drug-likeness (QED) is 0.875. The minimum atomic E-state index is -1.21. The molecule has 0 aliphatic carbocycles. The van der Waals surface area contributed by atoms with E-state index in [0.29, 0.717) is 28.6 Å². The lowest BCUT2D eigenvalue weighted by molar-refractivity contribution is -0.126. The summed E-state index contributed by atoms with van der Waals surface area (Å²) in [5.41, 5.74) is 10.3. The van der Waals surface area contributed by atoms with Crippen molar-refractivity contribution in [3.05, 3.63) is 33.8 Å². The molecule has 20 heavy (non-hydrogen) atoms. The molecule has 0 saturated carbocycles. The average Bonchev–Trinajstić information content (AvgIpc) is 2.72. The van der Waals surface area contributed by atoms with Crippen molar-refractivity contribution in [1.29, 1.82) is 0 Å². The second-order valence-corrected chi connectivity index (χ2v) is 5.77. The molecule has 0 spiro atoms. The minimum Gasteiger partial charge on any atom is -0.368 e. The third kappa shape index (κ3) is 2.11. The first-order chi connectivity index (χ1) is 9.30. The van der Waals surface area contributed by atoms with Crippen LogP contribution in [0.1, 0.15) is 24.8 Å². The van der Waals surface area contributed by atoms with Gasteiger partial charge in [0.1, 0.15) is 5.54 Å². The van der Waals surface area contributed by atoms with Crippen LogP contribution in [0.25, 0.3) is 0 Å². The van der Waals surface area contributed by atoms with Gasteiger partial charge in [-0.25, -0.2) is 4.79 Å². The Morgan fingerprint density at radius 2 is 2.00 bits per heavy atom. The highest BCUT2D eigenvalue weighted by Gasteiger charge is 2.52. The summed E-state index contributed by atoms with van der Waals surface area (Å²) >= 11 is 12.2. The zero-order chi connectivity index (χ0) is 15.1. The number of carbonyl (C=O) groups is 2. The van der Waals surface area contributed by atoms with Gasteiger partial charge in [0, 0.05) is 12.5 Å². The van der Waals surface area contributed by atoms with Gasteiger partial charge in [0.05, 0.1) is 10.0 Å². The number of nitrogens with zero attached hydrogens (tertiary/aromatic N) is 1. The summed E-state index contributed by atoms with van der Waals surface area (Å²) in [6, 6.07) is 4.52. The fourth-order valence-corrected chi connectivity index (χ4v) is 3.29. The lowest BCUT2D eigenvalue weighted by Crippen LogP contribution is -2.57. The largest absolute Gasteiger partial charge is 0.368 e. The molecule has 2 atom stereocenters. The molecule has 1 aromatic rings. The van der Waals surface area contributed by atoms with Gasteiger partial charge in [-0.1, -0.05) is 35.3 Å². The maximum Gasteiger partial charge on any atom is 0.315 e. The molecule has 3 amide bonds. The first kappa shape index (κ1) is 14.9. The van der Waals surface area contributed by atoms with Gasteiger partial charge in [-0.05, 0) is 25.0 Å². The second-order valence-electron chi connectivity index (χ2n) is 4.99. The topological polar surface area (TPSA) is 89.4 Å². The molecule has 1 aromatic carbocycles. The van der Waals surface area contributed by atoms with Gasteiger partial charge in [0.15, 0.2) is 0 Å². The van der Waals surface area contributed by atoms with Crippen molar-refractivity contribution in [2.45, 2.75) is 24.8 Å². The van der Waals surface area contributed by atoms with E-state index < -0.39 is 17.5 Å². The molecule has 0 aromatic heterocycles. The van der Waals surface area contributed by atoms with Gasteiger partial charge in [-0.15, -0.1) is 0 Å². The molecular weight excluding hydrogens is 301 g/mol. The van der Waals surface area contributed by atoms with E-state index in [0.717, 1.165) is 0 Å². The van der Waals surface area contributed by atoms with E-state index in [2.05, 4.69) is 0 Å². The number of nitrogens with two attached hydrogens (primary N) is 2. The molecule has 1 heterocycles. The number of halogens is 2. The van der Waals surface area contributed by atoms with Crippen LogP contribution in [0.15, 0.2) is 18.2 Å². The van der Waals surface area contributed by atoms with Crippen molar-refractivity contribution in [3.8, 4) is 0 Å². The number of rotatable bonds is 2. The summed E-state index contributed by atoms with van der Waals surface area (Å²) in [5, 5.41) is 0.770. The van der Waals surface area contributed by atoms with Crippen molar-refractivity contribution in [2.24, 2.45) is 11.5 Å². The van der Waals surface area contributed by atoms with Gasteiger partial charge in [0.25, 0.3) is 0 Å². The molecule has 2 unspecified atom stereocenters. The number of primary amides is 2. The number of amides is 3. The third-order valence-electron chi connectivity index (χ3n) is 4.00. The summed E-state index contributed by atoms with van der Waals surface area (Å²) in [6.45, 7) is 1.96. The Labute approximate surface area is 126 Å². The Morgan fingerprint density at radius 1 is 1.35 bits per heavy atom. The highest BCUT2D eigenvalue weighted by Crippen LogP contribution is 2.45. The molecule has 4 N–H and O–H groups in total. The molecule has 5 nitrogen and oxygen atoms in total. The molecule has 1 fully saturated rings. The summed E-state index contributed by atoms with van der Waals surface area (Å²) in [4.78, 5) is 24.7. The average molecular weight is 316 g/mol. The Balaban J connectivity index is 2.54. The van der Waals surface area contributed by atoms with Crippen LogP contribution in [0.4, 0.5) is 4.79 Å². The summed E-state index contributed by atoms with van der Waals surface area (Å²) in [6.07, 6.45) is 0.544. The van der Waals surface area contributed by atoms with Crippen LogP contribution >= 0.6 is 23.2 Å². The third-order valence-corrected chi connectivity index (χ3v) is 4.84. The van der Waals surface area contributed by atoms with Crippen LogP contribution < -0.4 is 11.5 Å². The number of hydrogen-bond acceptors (Lipinski definition) is 2. The Hall–Kier alpha value is -1.46. The summed E-state index contributed by atoms with van der Waals surface area (Å²) in [7, 11) is 0. The highest BCUT2D eigenvalue weighted by molar-refractivity contribution is 6.42. The standard InChI is InChI=1S/C13H15Cl2N3O2/c1-13(11(16)19)8(5-6-18(13)12(17)20)7-3-2-4-9(14)10(7)15/h2-4,8H,5-6H2,1H3,(H2,16,19)(H2,17,20). The number of urea groups is 1. The Kier molecular flexibility index (Phi) is 3.84. The van der Waals surface area contributed by atoms with Crippen molar-refractivity contribution >= 4 is 35.1 Å². The molecule has 1 aliphatic rings. The van der Waals surface area contributed by atoms with Crippen LogP contribution in [0.3, 0.4) is 0 Å². The molecule has 1 aliphatic heterocycles. The predicted molar refractivity (Wildman–Crippen MR) is 77.7 cm³/mol. The van der Waals surface area contributed by atoms with Crippen LogP contribution in [0.2, 0.25) is 10.0 Å². The van der Waals surface area contributed by atoms with Crippen LogP contribution in [0, 0.1) is 0 Å². The number of benzene rings is 1. The monoisotopic (exact) mass is 315 g/mol. The first-order valence-corrected chi connectivity index (χ1v) is 6.86. The molecule has 7 heteroatoms. The van der Waals surface area contributed by atoms with Crippen LogP contribution in [-0.2, 0) is 4.79 Å². The van der Waals surface area contributed by atoms with E-state index in [-0.39, 0.29) is 5.92 Å². The van der Waals surface area contributed by atoms with E-state index in [9.17, 15) is 9.59 Å². The van der Waals surface area contributed by atoms with E-state index >= 15 is 0 Å². The lowest BCUT2D eigenvalue weighted by atomic mass is 9.80. The number of carbonyl (C=O) groups excluding carboxylic acids is 2. The fraction of sp³-hybridized carbons (Fsp3) is 0.385. The summed E-state index contributed by atoms with van der Waals surface area (Å²) in [5.74, 6) is -0.950. The normalized spacial score (nSPS) is 25.8. The Bertz CT molecular complexity index is 579. The van der Waals surface area contributed by atoms with Crippen molar-refractivity contribution in [2.75, 3.05) is 6.54 Å². The molecule has 0 radical (unpaired) electrons. The maximum atomic E-state index is 11.9. The lowest BCUT2D eigenvalue weighted by Gasteiger charge is -2.35. The SMILES string of the molecule is CC1(C(N)=O)C(c2cccc(Cl)c2Cl)CCN1C(N)=O.